The van der Waals surface area contributed by atoms with Crippen LogP contribution in [0.2, 0.25) is 0 Å². The molecule has 6 N–H and O–H groups in total. The van der Waals surface area contributed by atoms with E-state index in [0.29, 0.717) is 30.8 Å². The van der Waals surface area contributed by atoms with Gasteiger partial charge in [-0.3, -0.25) is 4.79 Å². The Morgan fingerprint density at radius 2 is 1.74 bits per heavy atom. The normalized spacial score (nSPS) is 27.6. The van der Waals surface area contributed by atoms with Crippen LogP contribution in [-0.2, 0) is 16.0 Å². The molecule has 0 spiro atoms. The van der Waals surface area contributed by atoms with Crippen LogP contribution in [0, 0.1) is 0 Å². The number of hydrogen-bond acceptors (Lipinski definition) is 8. The number of nitrogens with zero attached hydrogens (tertiary/aromatic N) is 1. The number of benzene rings is 2. The number of likely N-dealkylation sites (tertiary alicyclic amines) is 1. The zero-order chi connectivity index (χ0) is 25.1. The molecule has 35 heavy (non-hydrogen) atoms. The SMILES string of the molecule is CC(=O)N1CCC(Oc2ccc(Cc3cc([C@@H]4O[C@H](CO)[C@@H](O)C(O)[C@H]4O)ccc3N)cc2)CC1. The van der Waals surface area contributed by atoms with E-state index < -0.39 is 37.1 Å². The number of anilines is 1. The standard InChI is InChI=1S/C26H34N2O7/c1-15(30)28-10-8-20(9-11-28)34-19-5-2-16(3-6-19)12-18-13-17(4-7-21(18)27)26-25(33)24(32)23(31)22(14-29)35-26/h2-7,13,20,22-26,29,31-33H,8-12,14,27H2,1H3/t22-,23-,24?,25-,26+/m1/s1. The molecule has 9 nitrogen and oxygen atoms in total. The minimum Gasteiger partial charge on any atom is -0.490 e. The Bertz CT molecular complexity index is 1010. The van der Waals surface area contributed by atoms with Gasteiger partial charge in [0.15, 0.2) is 0 Å². The molecule has 1 amide bonds. The number of aliphatic hydroxyl groups excluding tert-OH is 4. The highest BCUT2D eigenvalue weighted by molar-refractivity contribution is 5.73. The fourth-order valence-electron chi connectivity index (χ4n) is 4.72. The summed E-state index contributed by atoms with van der Waals surface area (Å²) in [5.74, 6) is 0.876. The first-order valence-electron chi connectivity index (χ1n) is 12.0. The van der Waals surface area contributed by atoms with Crippen molar-refractivity contribution in [2.45, 2.75) is 62.8 Å². The van der Waals surface area contributed by atoms with Gasteiger partial charge < -0.3 is 40.5 Å². The molecule has 0 aliphatic carbocycles. The molecule has 2 aromatic carbocycles. The van der Waals surface area contributed by atoms with Crippen molar-refractivity contribution in [2.24, 2.45) is 0 Å². The number of amides is 1. The number of aliphatic hydroxyl groups is 4. The third-order valence-electron chi connectivity index (χ3n) is 6.90. The van der Waals surface area contributed by atoms with E-state index in [1.807, 2.05) is 35.2 Å². The third-order valence-corrected chi connectivity index (χ3v) is 6.90. The zero-order valence-electron chi connectivity index (χ0n) is 19.8. The highest BCUT2D eigenvalue weighted by Gasteiger charge is 2.44. The zero-order valence-corrected chi connectivity index (χ0v) is 19.8. The van der Waals surface area contributed by atoms with Crippen molar-refractivity contribution in [1.29, 1.82) is 0 Å². The summed E-state index contributed by atoms with van der Waals surface area (Å²) in [5, 5.41) is 40.1. The topological polar surface area (TPSA) is 146 Å². The van der Waals surface area contributed by atoms with Crippen LogP contribution in [0.15, 0.2) is 42.5 Å². The average molecular weight is 487 g/mol. The van der Waals surface area contributed by atoms with Crippen LogP contribution in [0.4, 0.5) is 5.69 Å². The first-order chi connectivity index (χ1) is 16.8. The second-order valence-corrected chi connectivity index (χ2v) is 9.35. The van der Waals surface area contributed by atoms with Crippen molar-refractivity contribution in [3.8, 4) is 5.75 Å². The van der Waals surface area contributed by atoms with E-state index in [1.54, 1.807) is 19.1 Å². The second-order valence-electron chi connectivity index (χ2n) is 9.35. The van der Waals surface area contributed by atoms with Gasteiger partial charge in [-0.15, -0.1) is 0 Å². The molecule has 2 aliphatic rings. The van der Waals surface area contributed by atoms with E-state index in [-0.39, 0.29) is 12.0 Å². The quantitative estimate of drug-likeness (QED) is 0.376. The van der Waals surface area contributed by atoms with Crippen LogP contribution in [0.1, 0.15) is 42.6 Å². The Balaban J connectivity index is 1.41. The molecule has 2 heterocycles. The third kappa shape index (κ3) is 5.76. The van der Waals surface area contributed by atoms with Crippen molar-refractivity contribution in [3.63, 3.8) is 0 Å². The van der Waals surface area contributed by atoms with Gasteiger partial charge in [0.05, 0.1) is 6.61 Å². The van der Waals surface area contributed by atoms with E-state index in [1.165, 1.54) is 0 Å². The molecule has 2 aliphatic heterocycles. The predicted molar refractivity (Wildman–Crippen MR) is 129 cm³/mol. The van der Waals surface area contributed by atoms with Crippen molar-refractivity contribution >= 4 is 11.6 Å². The highest BCUT2D eigenvalue weighted by Crippen LogP contribution is 2.34. The molecule has 0 radical (unpaired) electrons. The molecule has 9 heteroatoms. The fraction of sp³-hybridized carbons (Fsp3) is 0.500. The molecule has 2 aromatic rings. The van der Waals surface area contributed by atoms with Gasteiger partial charge in [0, 0.05) is 38.5 Å². The van der Waals surface area contributed by atoms with E-state index in [0.717, 1.165) is 29.7 Å². The highest BCUT2D eigenvalue weighted by atomic mass is 16.5. The summed E-state index contributed by atoms with van der Waals surface area (Å²) in [6.07, 6.45) is -3.82. The van der Waals surface area contributed by atoms with Gasteiger partial charge in [-0.05, 0) is 41.3 Å². The molecule has 2 fully saturated rings. The molecule has 4 rings (SSSR count). The number of carbonyl (C=O) groups is 1. The molecule has 2 saturated heterocycles. The van der Waals surface area contributed by atoms with Crippen LogP contribution in [0.25, 0.3) is 0 Å². The molecular formula is C26H34N2O7. The van der Waals surface area contributed by atoms with E-state index in [4.69, 9.17) is 15.2 Å². The number of ether oxygens (including phenoxy) is 2. The van der Waals surface area contributed by atoms with Crippen LogP contribution >= 0.6 is 0 Å². The van der Waals surface area contributed by atoms with E-state index in [2.05, 4.69) is 0 Å². The van der Waals surface area contributed by atoms with Crippen LogP contribution in [-0.4, -0.2) is 81.4 Å². The van der Waals surface area contributed by atoms with Gasteiger partial charge in [-0.25, -0.2) is 0 Å². The summed E-state index contributed by atoms with van der Waals surface area (Å²) in [4.78, 5) is 13.3. The monoisotopic (exact) mass is 486 g/mol. The first kappa shape index (κ1) is 25.4. The van der Waals surface area contributed by atoms with E-state index >= 15 is 0 Å². The van der Waals surface area contributed by atoms with E-state index in [9.17, 15) is 25.2 Å². The summed E-state index contributed by atoms with van der Waals surface area (Å²) < 4.78 is 11.8. The molecule has 0 aromatic heterocycles. The van der Waals surface area contributed by atoms with Gasteiger partial charge in [0.2, 0.25) is 5.91 Å². The van der Waals surface area contributed by atoms with Crippen molar-refractivity contribution in [3.05, 3.63) is 59.2 Å². The first-order valence-corrected chi connectivity index (χ1v) is 12.0. The average Bonchev–Trinajstić information content (AvgIpc) is 2.86. The molecule has 0 saturated carbocycles. The largest absolute Gasteiger partial charge is 0.490 e. The number of rotatable bonds is 6. The Labute approximate surface area is 204 Å². The summed E-state index contributed by atoms with van der Waals surface area (Å²) in [7, 11) is 0. The van der Waals surface area contributed by atoms with Gasteiger partial charge in [-0.1, -0.05) is 24.3 Å². The predicted octanol–water partition coefficient (Wildman–Crippen LogP) is 0.764. The number of nitrogens with two attached hydrogens (primary N) is 1. The number of piperidine rings is 1. The van der Waals surface area contributed by atoms with Crippen LogP contribution < -0.4 is 10.5 Å². The maximum Gasteiger partial charge on any atom is 0.219 e. The summed E-state index contributed by atoms with van der Waals surface area (Å²) >= 11 is 0. The Morgan fingerprint density at radius 1 is 1.06 bits per heavy atom. The summed E-state index contributed by atoms with van der Waals surface area (Å²) in [6.45, 7) is 2.53. The van der Waals surface area contributed by atoms with Crippen LogP contribution in [0.3, 0.4) is 0 Å². The second kappa shape index (κ2) is 10.9. The number of carbonyl (C=O) groups excluding carboxylic acids is 1. The molecule has 1 unspecified atom stereocenters. The van der Waals surface area contributed by atoms with Crippen LogP contribution in [0.5, 0.6) is 5.75 Å². The fourth-order valence-corrected chi connectivity index (χ4v) is 4.72. The summed E-state index contributed by atoms with van der Waals surface area (Å²) in [5.41, 5.74) is 9.22. The Hall–Kier alpha value is -2.69. The van der Waals surface area contributed by atoms with Gasteiger partial charge >= 0.3 is 0 Å². The maximum absolute atomic E-state index is 11.5. The van der Waals surface area contributed by atoms with Crippen molar-refractivity contribution < 1.29 is 34.7 Å². The van der Waals surface area contributed by atoms with Gasteiger partial charge in [0.25, 0.3) is 0 Å². The number of hydrogen-bond donors (Lipinski definition) is 5. The lowest BCUT2D eigenvalue weighted by atomic mass is 9.89. The Morgan fingerprint density at radius 3 is 2.37 bits per heavy atom. The minimum atomic E-state index is -1.44. The molecular weight excluding hydrogens is 452 g/mol. The van der Waals surface area contributed by atoms with Gasteiger partial charge in [0.1, 0.15) is 42.4 Å². The molecule has 190 valence electrons. The summed E-state index contributed by atoms with van der Waals surface area (Å²) in [6, 6.07) is 13.0. The Kier molecular flexibility index (Phi) is 7.93. The minimum absolute atomic E-state index is 0.0855. The lowest BCUT2D eigenvalue weighted by Crippen LogP contribution is -2.55. The lowest BCUT2D eigenvalue weighted by molar-refractivity contribution is -0.231. The van der Waals surface area contributed by atoms with Gasteiger partial charge in [-0.2, -0.15) is 0 Å². The molecule has 0 bridgehead atoms. The van der Waals surface area contributed by atoms with Crippen molar-refractivity contribution in [2.75, 3.05) is 25.4 Å². The maximum atomic E-state index is 11.5. The van der Waals surface area contributed by atoms with Crippen molar-refractivity contribution in [1.82, 2.24) is 4.90 Å². The lowest BCUT2D eigenvalue weighted by Gasteiger charge is -2.40. The smallest absolute Gasteiger partial charge is 0.219 e. The molecule has 5 atom stereocenters. The number of nitrogen functional groups attached to an aromatic ring is 1.